The zero-order valence-electron chi connectivity index (χ0n) is 11.3. The molecule has 2 aromatic carbocycles. The van der Waals surface area contributed by atoms with Gasteiger partial charge in [-0.15, -0.1) is 10.2 Å². The molecule has 0 atom stereocenters. The number of aryl methyl sites for hydroxylation is 2. The third-order valence-electron chi connectivity index (χ3n) is 3.32. The summed E-state index contributed by atoms with van der Waals surface area (Å²) in [4.78, 5) is 0. The van der Waals surface area contributed by atoms with Gasteiger partial charge in [0.2, 0.25) is 4.73 Å². The van der Waals surface area contributed by atoms with Crippen LogP contribution >= 0.6 is 15.9 Å². The van der Waals surface area contributed by atoms with Crippen LogP contribution in [0.15, 0.2) is 53.3 Å². The summed E-state index contributed by atoms with van der Waals surface area (Å²) < 4.78 is 2.77. The van der Waals surface area contributed by atoms with Gasteiger partial charge in [-0.05, 0) is 40.9 Å². The van der Waals surface area contributed by atoms with Gasteiger partial charge in [-0.2, -0.15) is 0 Å². The second-order valence-electron chi connectivity index (χ2n) is 4.73. The SMILES string of the molecule is Cc1cccc(C)c1-n1c(Br)nnc1-c1ccccc1. The highest BCUT2D eigenvalue weighted by molar-refractivity contribution is 9.10. The first-order valence-corrected chi connectivity index (χ1v) is 7.20. The van der Waals surface area contributed by atoms with Gasteiger partial charge in [0.25, 0.3) is 0 Å². The van der Waals surface area contributed by atoms with Crippen molar-refractivity contribution >= 4 is 15.9 Å². The Bertz CT molecular complexity index is 727. The zero-order chi connectivity index (χ0) is 14.1. The Labute approximate surface area is 126 Å². The molecule has 0 amide bonds. The number of hydrogen-bond acceptors (Lipinski definition) is 2. The molecule has 0 spiro atoms. The van der Waals surface area contributed by atoms with Gasteiger partial charge in [0, 0.05) is 5.56 Å². The summed E-state index contributed by atoms with van der Waals surface area (Å²) in [6.07, 6.45) is 0. The van der Waals surface area contributed by atoms with Crippen molar-refractivity contribution < 1.29 is 0 Å². The Balaban J connectivity index is 2.28. The molecule has 0 aliphatic carbocycles. The van der Waals surface area contributed by atoms with E-state index < -0.39 is 0 Å². The van der Waals surface area contributed by atoms with Crippen LogP contribution in [-0.4, -0.2) is 14.8 Å². The number of para-hydroxylation sites is 1. The molecule has 0 aliphatic rings. The molecule has 1 aromatic heterocycles. The number of benzene rings is 2. The largest absolute Gasteiger partial charge is 0.269 e. The standard InChI is InChI=1S/C16H14BrN3/c1-11-7-6-8-12(2)14(11)20-15(18-19-16(20)17)13-9-4-3-5-10-13/h3-10H,1-2H3. The van der Waals surface area contributed by atoms with E-state index in [1.807, 2.05) is 30.3 Å². The molecule has 0 fully saturated rings. The zero-order valence-corrected chi connectivity index (χ0v) is 12.9. The van der Waals surface area contributed by atoms with Crippen LogP contribution in [0.3, 0.4) is 0 Å². The molecule has 3 aromatic rings. The summed E-state index contributed by atoms with van der Waals surface area (Å²) in [5.41, 5.74) is 4.57. The van der Waals surface area contributed by atoms with Crippen LogP contribution in [0.2, 0.25) is 0 Å². The van der Waals surface area contributed by atoms with E-state index in [1.54, 1.807) is 0 Å². The number of hydrogen-bond donors (Lipinski definition) is 0. The van der Waals surface area contributed by atoms with Gasteiger partial charge in [0.1, 0.15) is 0 Å². The van der Waals surface area contributed by atoms with Crippen molar-refractivity contribution in [2.24, 2.45) is 0 Å². The van der Waals surface area contributed by atoms with E-state index in [-0.39, 0.29) is 0 Å². The molecule has 0 radical (unpaired) electrons. The molecular weight excluding hydrogens is 314 g/mol. The predicted octanol–water partition coefficient (Wildman–Crippen LogP) is 4.31. The molecule has 100 valence electrons. The second kappa shape index (κ2) is 5.21. The molecule has 0 saturated heterocycles. The van der Waals surface area contributed by atoms with Gasteiger partial charge in [-0.3, -0.25) is 4.57 Å². The van der Waals surface area contributed by atoms with Crippen LogP contribution in [0, 0.1) is 13.8 Å². The molecule has 4 heteroatoms. The van der Waals surface area contributed by atoms with E-state index in [2.05, 4.69) is 62.7 Å². The van der Waals surface area contributed by atoms with E-state index in [0.717, 1.165) is 17.1 Å². The van der Waals surface area contributed by atoms with Gasteiger partial charge in [-0.1, -0.05) is 48.5 Å². The molecule has 3 nitrogen and oxygen atoms in total. The average molecular weight is 328 g/mol. The van der Waals surface area contributed by atoms with E-state index in [0.29, 0.717) is 4.73 Å². The lowest BCUT2D eigenvalue weighted by Gasteiger charge is -2.13. The first kappa shape index (κ1) is 13.1. The molecule has 1 heterocycles. The number of nitrogens with zero attached hydrogens (tertiary/aromatic N) is 3. The Morgan fingerprint density at radius 1 is 0.850 bits per heavy atom. The van der Waals surface area contributed by atoms with Crippen LogP contribution in [-0.2, 0) is 0 Å². The van der Waals surface area contributed by atoms with Crippen LogP contribution in [0.4, 0.5) is 0 Å². The van der Waals surface area contributed by atoms with Crippen molar-refractivity contribution in [3.63, 3.8) is 0 Å². The van der Waals surface area contributed by atoms with Crippen molar-refractivity contribution in [2.75, 3.05) is 0 Å². The summed E-state index contributed by atoms with van der Waals surface area (Å²) in [5, 5.41) is 8.49. The predicted molar refractivity (Wildman–Crippen MR) is 84.0 cm³/mol. The maximum atomic E-state index is 4.31. The maximum absolute atomic E-state index is 4.31. The minimum atomic E-state index is 0.716. The Morgan fingerprint density at radius 3 is 2.15 bits per heavy atom. The van der Waals surface area contributed by atoms with Gasteiger partial charge >= 0.3 is 0 Å². The van der Waals surface area contributed by atoms with Gasteiger partial charge in [0.15, 0.2) is 5.82 Å². The highest BCUT2D eigenvalue weighted by atomic mass is 79.9. The molecule has 0 bridgehead atoms. The Morgan fingerprint density at radius 2 is 1.50 bits per heavy atom. The molecule has 3 rings (SSSR count). The van der Waals surface area contributed by atoms with Gasteiger partial charge in [-0.25, -0.2) is 0 Å². The van der Waals surface area contributed by atoms with Crippen LogP contribution in [0.25, 0.3) is 17.1 Å². The lowest BCUT2D eigenvalue weighted by Crippen LogP contribution is -2.02. The topological polar surface area (TPSA) is 30.7 Å². The third-order valence-corrected chi connectivity index (χ3v) is 3.83. The first-order chi connectivity index (χ1) is 9.68. The maximum Gasteiger partial charge on any atom is 0.205 e. The quantitative estimate of drug-likeness (QED) is 0.702. The number of rotatable bonds is 2. The van der Waals surface area contributed by atoms with E-state index in [1.165, 1.54) is 11.1 Å². The van der Waals surface area contributed by atoms with Crippen molar-refractivity contribution in [3.8, 4) is 17.1 Å². The fourth-order valence-electron chi connectivity index (χ4n) is 2.40. The van der Waals surface area contributed by atoms with Crippen LogP contribution in [0.5, 0.6) is 0 Å². The Hall–Kier alpha value is -1.94. The van der Waals surface area contributed by atoms with Crippen molar-refractivity contribution in [1.29, 1.82) is 0 Å². The summed E-state index contributed by atoms with van der Waals surface area (Å²) in [7, 11) is 0. The lowest BCUT2D eigenvalue weighted by molar-refractivity contribution is 0.991. The average Bonchev–Trinajstić information content (AvgIpc) is 2.82. The highest BCUT2D eigenvalue weighted by Crippen LogP contribution is 2.28. The monoisotopic (exact) mass is 327 g/mol. The number of aromatic nitrogens is 3. The van der Waals surface area contributed by atoms with Crippen molar-refractivity contribution in [1.82, 2.24) is 14.8 Å². The van der Waals surface area contributed by atoms with E-state index in [4.69, 9.17) is 0 Å². The molecule has 0 saturated carbocycles. The van der Waals surface area contributed by atoms with Crippen LogP contribution < -0.4 is 0 Å². The fourth-order valence-corrected chi connectivity index (χ4v) is 2.82. The third kappa shape index (κ3) is 2.16. The highest BCUT2D eigenvalue weighted by Gasteiger charge is 2.16. The minimum Gasteiger partial charge on any atom is -0.269 e. The summed E-state index contributed by atoms with van der Waals surface area (Å²) in [5.74, 6) is 0.842. The van der Waals surface area contributed by atoms with E-state index >= 15 is 0 Å². The lowest BCUT2D eigenvalue weighted by atomic mass is 10.1. The van der Waals surface area contributed by atoms with Crippen molar-refractivity contribution in [3.05, 3.63) is 64.4 Å². The Kier molecular flexibility index (Phi) is 3.40. The summed E-state index contributed by atoms with van der Waals surface area (Å²) in [6.45, 7) is 4.20. The van der Waals surface area contributed by atoms with E-state index in [9.17, 15) is 0 Å². The summed E-state index contributed by atoms with van der Waals surface area (Å²) in [6, 6.07) is 16.4. The van der Waals surface area contributed by atoms with Gasteiger partial charge in [0.05, 0.1) is 5.69 Å². The van der Waals surface area contributed by atoms with Crippen LogP contribution in [0.1, 0.15) is 11.1 Å². The first-order valence-electron chi connectivity index (χ1n) is 6.41. The van der Waals surface area contributed by atoms with Crippen molar-refractivity contribution in [2.45, 2.75) is 13.8 Å². The minimum absolute atomic E-state index is 0.716. The summed E-state index contributed by atoms with van der Waals surface area (Å²) >= 11 is 3.51. The molecular formula is C16H14BrN3. The van der Waals surface area contributed by atoms with Gasteiger partial charge < -0.3 is 0 Å². The normalized spacial score (nSPS) is 10.8. The molecule has 20 heavy (non-hydrogen) atoms. The fraction of sp³-hybridized carbons (Fsp3) is 0.125. The second-order valence-corrected chi connectivity index (χ2v) is 5.44. The molecule has 0 unspecified atom stereocenters. The smallest absolute Gasteiger partial charge is 0.205 e. The molecule has 0 aliphatic heterocycles. The number of halogens is 1. The molecule has 0 N–H and O–H groups in total.